The number of primary amides is 1. The number of nitrogens with two attached hydrogens (primary N) is 1. The zero-order valence-electron chi connectivity index (χ0n) is 10.7. The van der Waals surface area contributed by atoms with Gasteiger partial charge in [0.2, 0.25) is 11.8 Å². The van der Waals surface area contributed by atoms with Crippen LogP contribution in [0.2, 0.25) is 0 Å². The second kappa shape index (κ2) is 6.15. The summed E-state index contributed by atoms with van der Waals surface area (Å²) in [6.07, 6.45) is 3.28. The molecule has 1 aliphatic heterocycles. The van der Waals surface area contributed by atoms with Crippen molar-refractivity contribution in [1.82, 2.24) is 15.5 Å². The standard InChI is InChI=1S/C12H22N4O2/c13-12(18)10(8-11(17)15-9-2-3-9)16-6-1-4-14-5-7-16/h9-10,14H,1-8H2,(H2,13,18)(H,15,17). The first kappa shape index (κ1) is 13.3. The summed E-state index contributed by atoms with van der Waals surface area (Å²) in [7, 11) is 0. The van der Waals surface area contributed by atoms with Gasteiger partial charge >= 0.3 is 0 Å². The highest BCUT2D eigenvalue weighted by atomic mass is 16.2. The molecule has 6 nitrogen and oxygen atoms in total. The van der Waals surface area contributed by atoms with Crippen molar-refractivity contribution in [3.8, 4) is 0 Å². The summed E-state index contributed by atoms with van der Waals surface area (Å²) in [6, 6.07) is -0.138. The molecule has 2 fully saturated rings. The molecule has 2 rings (SSSR count). The van der Waals surface area contributed by atoms with Crippen molar-refractivity contribution in [2.24, 2.45) is 5.73 Å². The van der Waals surface area contributed by atoms with E-state index in [-0.39, 0.29) is 12.3 Å². The van der Waals surface area contributed by atoms with Gasteiger partial charge in [0.05, 0.1) is 12.5 Å². The van der Waals surface area contributed by atoms with Crippen LogP contribution in [0.5, 0.6) is 0 Å². The number of hydrogen-bond donors (Lipinski definition) is 3. The number of amides is 2. The van der Waals surface area contributed by atoms with E-state index in [4.69, 9.17) is 5.73 Å². The maximum atomic E-state index is 11.8. The van der Waals surface area contributed by atoms with Crippen molar-refractivity contribution in [3.63, 3.8) is 0 Å². The Kier molecular flexibility index (Phi) is 4.54. The molecular formula is C12H22N4O2. The number of carbonyl (C=O) groups excluding carboxylic acids is 2. The molecule has 1 saturated carbocycles. The molecule has 18 heavy (non-hydrogen) atoms. The molecule has 0 radical (unpaired) electrons. The number of nitrogens with zero attached hydrogens (tertiary/aromatic N) is 1. The van der Waals surface area contributed by atoms with Crippen molar-refractivity contribution in [2.45, 2.75) is 37.8 Å². The highest BCUT2D eigenvalue weighted by molar-refractivity contribution is 5.87. The molecule has 0 aromatic carbocycles. The molecule has 6 heteroatoms. The molecular weight excluding hydrogens is 232 g/mol. The summed E-state index contributed by atoms with van der Waals surface area (Å²) in [5.74, 6) is -0.457. The zero-order chi connectivity index (χ0) is 13.0. The Morgan fingerprint density at radius 2 is 2.11 bits per heavy atom. The van der Waals surface area contributed by atoms with E-state index in [2.05, 4.69) is 10.6 Å². The Bertz CT molecular complexity index is 309. The number of rotatable bonds is 5. The molecule has 2 aliphatic rings. The van der Waals surface area contributed by atoms with Gasteiger partial charge in [-0.05, 0) is 25.8 Å². The van der Waals surface area contributed by atoms with E-state index in [0.29, 0.717) is 6.04 Å². The van der Waals surface area contributed by atoms with E-state index in [0.717, 1.165) is 45.4 Å². The van der Waals surface area contributed by atoms with Crippen LogP contribution in [0.1, 0.15) is 25.7 Å². The van der Waals surface area contributed by atoms with Gasteiger partial charge in [0.25, 0.3) is 0 Å². The van der Waals surface area contributed by atoms with E-state index in [9.17, 15) is 9.59 Å². The van der Waals surface area contributed by atoms with Crippen LogP contribution in [-0.2, 0) is 9.59 Å². The highest BCUT2D eigenvalue weighted by Crippen LogP contribution is 2.19. The largest absolute Gasteiger partial charge is 0.368 e. The van der Waals surface area contributed by atoms with Crippen LogP contribution in [0.15, 0.2) is 0 Å². The van der Waals surface area contributed by atoms with E-state index < -0.39 is 11.9 Å². The van der Waals surface area contributed by atoms with Crippen LogP contribution in [0.25, 0.3) is 0 Å². The molecule has 1 unspecified atom stereocenters. The second-order valence-corrected chi connectivity index (χ2v) is 5.10. The van der Waals surface area contributed by atoms with Gasteiger partial charge in [-0.25, -0.2) is 0 Å². The minimum Gasteiger partial charge on any atom is -0.368 e. The summed E-state index contributed by atoms with van der Waals surface area (Å²) in [4.78, 5) is 25.3. The molecule has 2 amide bonds. The Hall–Kier alpha value is -1.14. The van der Waals surface area contributed by atoms with Gasteiger partial charge in [-0.2, -0.15) is 0 Å². The molecule has 4 N–H and O–H groups in total. The smallest absolute Gasteiger partial charge is 0.235 e. The normalized spacial score (nSPS) is 23.1. The third kappa shape index (κ3) is 3.96. The third-order valence-electron chi connectivity index (χ3n) is 3.47. The summed E-state index contributed by atoms with van der Waals surface area (Å²) in [5, 5.41) is 6.18. The average Bonchev–Trinajstić information content (AvgIpc) is 3.11. The van der Waals surface area contributed by atoms with Crippen molar-refractivity contribution < 1.29 is 9.59 Å². The van der Waals surface area contributed by atoms with Crippen LogP contribution >= 0.6 is 0 Å². The van der Waals surface area contributed by atoms with E-state index in [1.165, 1.54) is 0 Å². The topological polar surface area (TPSA) is 87.5 Å². The Balaban J connectivity index is 1.88. The molecule has 0 aromatic heterocycles. The Labute approximate surface area is 107 Å². The highest BCUT2D eigenvalue weighted by Gasteiger charge is 2.29. The molecule has 0 aromatic rings. The van der Waals surface area contributed by atoms with Crippen molar-refractivity contribution in [3.05, 3.63) is 0 Å². The van der Waals surface area contributed by atoms with E-state index >= 15 is 0 Å². The van der Waals surface area contributed by atoms with E-state index in [1.54, 1.807) is 0 Å². The zero-order valence-corrected chi connectivity index (χ0v) is 10.7. The third-order valence-corrected chi connectivity index (χ3v) is 3.47. The maximum absolute atomic E-state index is 11.8. The summed E-state index contributed by atoms with van der Waals surface area (Å²) < 4.78 is 0. The Morgan fingerprint density at radius 3 is 2.78 bits per heavy atom. The van der Waals surface area contributed by atoms with Crippen LogP contribution in [0.3, 0.4) is 0 Å². The second-order valence-electron chi connectivity index (χ2n) is 5.10. The monoisotopic (exact) mass is 254 g/mol. The molecule has 1 saturated heterocycles. The maximum Gasteiger partial charge on any atom is 0.235 e. The predicted molar refractivity (Wildman–Crippen MR) is 67.8 cm³/mol. The first-order valence-corrected chi connectivity index (χ1v) is 6.70. The lowest BCUT2D eigenvalue weighted by molar-refractivity contribution is -0.129. The molecule has 0 bridgehead atoms. The van der Waals surface area contributed by atoms with Gasteiger partial charge in [0.15, 0.2) is 0 Å². The van der Waals surface area contributed by atoms with Gasteiger partial charge in [0, 0.05) is 25.7 Å². The quantitative estimate of drug-likeness (QED) is 0.575. The first-order valence-electron chi connectivity index (χ1n) is 6.70. The van der Waals surface area contributed by atoms with Crippen molar-refractivity contribution in [1.29, 1.82) is 0 Å². The van der Waals surface area contributed by atoms with Crippen molar-refractivity contribution >= 4 is 11.8 Å². The van der Waals surface area contributed by atoms with Gasteiger partial charge in [-0.3, -0.25) is 14.5 Å². The van der Waals surface area contributed by atoms with Crippen LogP contribution in [0, 0.1) is 0 Å². The van der Waals surface area contributed by atoms with Gasteiger partial charge in [-0.15, -0.1) is 0 Å². The summed E-state index contributed by atoms with van der Waals surface area (Å²) in [5.41, 5.74) is 5.43. The van der Waals surface area contributed by atoms with Crippen LogP contribution in [0.4, 0.5) is 0 Å². The SMILES string of the molecule is NC(=O)C(CC(=O)NC1CC1)N1CCCNCC1. The van der Waals surface area contributed by atoms with Crippen LogP contribution in [-0.4, -0.2) is 55.0 Å². The fourth-order valence-corrected chi connectivity index (χ4v) is 2.28. The lowest BCUT2D eigenvalue weighted by atomic mass is 10.1. The number of nitrogens with one attached hydrogen (secondary N) is 2. The number of carbonyl (C=O) groups is 2. The molecule has 102 valence electrons. The fourth-order valence-electron chi connectivity index (χ4n) is 2.28. The Morgan fingerprint density at radius 1 is 1.33 bits per heavy atom. The van der Waals surface area contributed by atoms with Gasteiger partial charge in [-0.1, -0.05) is 0 Å². The van der Waals surface area contributed by atoms with Crippen molar-refractivity contribution in [2.75, 3.05) is 26.2 Å². The van der Waals surface area contributed by atoms with Gasteiger partial charge < -0.3 is 16.4 Å². The predicted octanol–water partition coefficient (Wildman–Crippen LogP) is -1.20. The minimum absolute atomic E-state index is 0.0569. The lowest BCUT2D eigenvalue weighted by Gasteiger charge is -2.27. The van der Waals surface area contributed by atoms with Gasteiger partial charge in [0.1, 0.15) is 0 Å². The minimum atomic E-state index is -0.469. The molecule has 1 heterocycles. The molecule has 1 aliphatic carbocycles. The lowest BCUT2D eigenvalue weighted by Crippen LogP contribution is -2.48. The average molecular weight is 254 g/mol. The van der Waals surface area contributed by atoms with E-state index in [1.807, 2.05) is 4.90 Å². The summed E-state index contributed by atoms with van der Waals surface area (Å²) in [6.45, 7) is 3.38. The molecule has 1 atom stereocenters. The first-order chi connectivity index (χ1) is 8.66. The molecule has 0 spiro atoms. The van der Waals surface area contributed by atoms with Crippen LogP contribution < -0.4 is 16.4 Å². The fraction of sp³-hybridized carbons (Fsp3) is 0.833. The summed E-state index contributed by atoms with van der Waals surface area (Å²) >= 11 is 0. The number of hydrogen-bond acceptors (Lipinski definition) is 4.